The molecule has 132 valence electrons. The third-order valence-corrected chi connectivity index (χ3v) is 5.03. The number of aromatic nitrogens is 1. The molecule has 0 saturated heterocycles. The van der Waals surface area contributed by atoms with Gasteiger partial charge in [0.15, 0.2) is 0 Å². The van der Waals surface area contributed by atoms with Crippen LogP contribution < -0.4 is 9.38 Å². The standard InChI is InChI=1S/C18H16BF2N3OS/c1-23(2)15-10-8-14(9-11-15)17-22-18-24(19(20,21)25-17)16(12-26-18)13-6-4-3-5-7-13/h3-12H,1-2H3. The van der Waals surface area contributed by atoms with Crippen LogP contribution in [0.4, 0.5) is 19.5 Å². The molecule has 0 unspecified atom stereocenters. The molecular weight excluding hydrogens is 355 g/mol. The molecule has 0 amide bonds. The summed E-state index contributed by atoms with van der Waals surface area (Å²) in [5.41, 5.74) is 2.61. The summed E-state index contributed by atoms with van der Waals surface area (Å²) in [6, 6.07) is 16.2. The average Bonchev–Trinajstić information content (AvgIpc) is 3.07. The molecule has 3 aromatic rings. The normalized spacial score (nSPS) is 15.0. The number of benzene rings is 2. The first-order chi connectivity index (χ1) is 12.5. The maximum atomic E-state index is 14.8. The number of nitrogens with zero attached hydrogens (tertiary/aromatic N) is 3. The highest BCUT2D eigenvalue weighted by Crippen LogP contribution is 2.32. The van der Waals surface area contributed by atoms with E-state index < -0.39 is 7.04 Å². The fraction of sp³-hybridized carbons (Fsp3) is 0.111. The number of halogens is 2. The van der Waals surface area contributed by atoms with Crippen LogP contribution in [0.2, 0.25) is 0 Å². The lowest BCUT2D eigenvalue weighted by Gasteiger charge is -2.26. The highest BCUT2D eigenvalue weighted by molar-refractivity contribution is 7.13. The van der Waals surface area contributed by atoms with Crippen molar-refractivity contribution in [3.8, 4) is 11.3 Å². The van der Waals surface area contributed by atoms with Crippen LogP contribution in [-0.4, -0.2) is 27.0 Å². The molecule has 0 N–H and O–H groups in total. The zero-order valence-electron chi connectivity index (χ0n) is 14.3. The molecule has 0 fully saturated rings. The minimum Gasteiger partial charge on any atom is -0.590 e. The summed E-state index contributed by atoms with van der Waals surface area (Å²) in [7, 11) is -0.431. The SMILES string of the molecule is CN(C)c1ccc(C2=Nc3scc(-c4ccccc4)[n+]3[B-](F)(F)O2)cc1. The number of fused-ring (bicyclic) bond motifs is 1. The van der Waals surface area contributed by atoms with Crippen molar-refractivity contribution in [3.63, 3.8) is 0 Å². The van der Waals surface area contributed by atoms with Crippen LogP contribution in [0.1, 0.15) is 5.56 Å². The van der Waals surface area contributed by atoms with E-state index in [0.717, 1.165) is 10.2 Å². The Bertz CT molecular complexity index is 972. The predicted molar refractivity (Wildman–Crippen MR) is 101 cm³/mol. The summed E-state index contributed by atoms with van der Waals surface area (Å²) in [5, 5.41) is 1.91. The van der Waals surface area contributed by atoms with E-state index in [1.165, 1.54) is 11.3 Å². The largest absolute Gasteiger partial charge is 0.737 e. The second-order valence-corrected chi connectivity index (χ2v) is 7.01. The molecule has 2 aromatic carbocycles. The summed E-state index contributed by atoms with van der Waals surface area (Å²) in [4.78, 5) is 6.27. The van der Waals surface area contributed by atoms with E-state index in [9.17, 15) is 8.63 Å². The Morgan fingerprint density at radius 3 is 2.35 bits per heavy atom. The summed E-state index contributed by atoms with van der Waals surface area (Å²) in [6.07, 6.45) is 0. The van der Waals surface area contributed by atoms with Crippen molar-refractivity contribution in [1.29, 1.82) is 0 Å². The van der Waals surface area contributed by atoms with Gasteiger partial charge in [-0.1, -0.05) is 41.7 Å². The van der Waals surface area contributed by atoms with Gasteiger partial charge in [0.05, 0.1) is 5.56 Å². The van der Waals surface area contributed by atoms with Crippen LogP contribution >= 0.6 is 11.3 Å². The third-order valence-electron chi connectivity index (χ3n) is 4.19. The van der Waals surface area contributed by atoms with Crippen molar-refractivity contribution < 1.29 is 17.8 Å². The van der Waals surface area contributed by atoms with Crippen molar-refractivity contribution in [2.45, 2.75) is 0 Å². The average molecular weight is 371 g/mol. The molecule has 4 rings (SSSR count). The fourth-order valence-electron chi connectivity index (χ4n) is 2.85. The first-order valence-electron chi connectivity index (χ1n) is 8.11. The van der Waals surface area contributed by atoms with Gasteiger partial charge in [0.1, 0.15) is 5.69 Å². The van der Waals surface area contributed by atoms with Crippen molar-refractivity contribution in [2.75, 3.05) is 19.0 Å². The highest BCUT2D eigenvalue weighted by atomic mass is 32.1. The van der Waals surface area contributed by atoms with Gasteiger partial charge in [0.2, 0.25) is 0 Å². The topological polar surface area (TPSA) is 28.7 Å². The number of anilines is 1. The first-order valence-corrected chi connectivity index (χ1v) is 8.99. The third kappa shape index (κ3) is 2.86. The van der Waals surface area contributed by atoms with Gasteiger partial charge in [-0.3, -0.25) is 0 Å². The molecule has 0 spiro atoms. The number of hydrogen-bond donors (Lipinski definition) is 0. The number of aliphatic imine (C=N–C) groups is 1. The molecule has 1 aliphatic rings. The number of rotatable bonds is 3. The maximum absolute atomic E-state index is 14.8. The van der Waals surface area contributed by atoms with Crippen LogP contribution in [0.5, 0.6) is 0 Å². The van der Waals surface area contributed by atoms with E-state index in [4.69, 9.17) is 4.65 Å². The van der Waals surface area contributed by atoms with E-state index in [1.54, 1.807) is 29.6 Å². The van der Waals surface area contributed by atoms with Crippen LogP contribution in [0, 0.1) is 0 Å². The molecule has 26 heavy (non-hydrogen) atoms. The molecule has 1 aromatic heterocycles. The Kier molecular flexibility index (Phi) is 3.99. The summed E-state index contributed by atoms with van der Waals surface area (Å²) < 4.78 is 35.6. The lowest BCUT2D eigenvalue weighted by molar-refractivity contribution is -0.552. The highest BCUT2D eigenvalue weighted by Gasteiger charge is 2.49. The van der Waals surface area contributed by atoms with Crippen molar-refractivity contribution in [3.05, 3.63) is 65.5 Å². The van der Waals surface area contributed by atoms with Crippen molar-refractivity contribution in [1.82, 2.24) is 0 Å². The van der Waals surface area contributed by atoms with E-state index >= 15 is 0 Å². The molecule has 0 aliphatic carbocycles. The fourth-order valence-corrected chi connectivity index (χ4v) is 3.78. The molecule has 0 saturated carbocycles. The van der Waals surface area contributed by atoms with Gasteiger partial charge in [-0.25, -0.2) is 0 Å². The zero-order valence-corrected chi connectivity index (χ0v) is 15.1. The number of hydrogen-bond acceptors (Lipinski definition) is 4. The lowest BCUT2D eigenvalue weighted by Crippen LogP contribution is -2.63. The van der Waals surface area contributed by atoms with Crippen LogP contribution in [0.3, 0.4) is 0 Å². The second kappa shape index (κ2) is 6.21. The van der Waals surface area contributed by atoms with Gasteiger partial charge < -0.3 is 22.7 Å². The summed E-state index contributed by atoms with van der Waals surface area (Å²) in [5.74, 6) is -0.0539. The molecule has 4 nitrogen and oxygen atoms in total. The molecule has 1 aliphatic heterocycles. The van der Waals surface area contributed by atoms with Crippen LogP contribution in [0.15, 0.2) is 65.0 Å². The van der Waals surface area contributed by atoms with Crippen molar-refractivity contribution in [2.24, 2.45) is 4.99 Å². The Morgan fingerprint density at radius 1 is 1.00 bits per heavy atom. The van der Waals surface area contributed by atoms with Gasteiger partial charge in [-0.15, -0.1) is 0 Å². The Balaban J connectivity index is 1.77. The van der Waals surface area contributed by atoms with Crippen LogP contribution in [-0.2, 0) is 4.65 Å². The Hall–Kier alpha value is -2.74. The van der Waals surface area contributed by atoms with E-state index in [-0.39, 0.29) is 11.0 Å². The Morgan fingerprint density at radius 2 is 1.69 bits per heavy atom. The minimum absolute atomic E-state index is 0.0539. The van der Waals surface area contributed by atoms with E-state index in [1.807, 2.05) is 49.3 Å². The predicted octanol–water partition coefficient (Wildman–Crippen LogP) is 4.10. The van der Waals surface area contributed by atoms with Gasteiger partial charge in [0, 0.05) is 35.7 Å². The van der Waals surface area contributed by atoms with E-state index in [0.29, 0.717) is 16.8 Å². The quantitative estimate of drug-likeness (QED) is 0.649. The molecule has 0 radical (unpaired) electrons. The smallest absolute Gasteiger partial charge is 0.590 e. The van der Waals surface area contributed by atoms with Gasteiger partial charge >= 0.3 is 12.2 Å². The maximum Gasteiger partial charge on any atom is 0.737 e. The number of thiazole rings is 1. The summed E-state index contributed by atoms with van der Waals surface area (Å²) in [6.45, 7) is 0. The molecular formula is C18H16BF2N3OS. The Labute approximate surface area is 154 Å². The minimum atomic E-state index is -4.27. The van der Waals surface area contributed by atoms with Gasteiger partial charge in [-0.2, -0.15) is 0 Å². The monoisotopic (exact) mass is 371 g/mol. The van der Waals surface area contributed by atoms with Crippen LogP contribution in [0.25, 0.3) is 11.3 Å². The molecule has 8 heteroatoms. The van der Waals surface area contributed by atoms with Gasteiger partial charge in [0.25, 0.3) is 5.90 Å². The summed E-state index contributed by atoms with van der Waals surface area (Å²) >= 11 is 1.18. The van der Waals surface area contributed by atoms with Crippen molar-refractivity contribution >= 4 is 35.1 Å². The van der Waals surface area contributed by atoms with E-state index in [2.05, 4.69) is 4.99 Å². The zero-order chi connectivity index (χ0) is 18.3. The van der Waals surface area contributed by atoms with Gasteiger partial charge in [-0.05, 0) is 24.3 Å². The lowest BCUT2D eigenvalue weighted by atomic mass is 10.0. The molecule has 2 heterocycles. The molecule has 0 bridgehead atoms. The second-order valence-electron chi connectivity index (χ2n) is 6.18. The first kappa shape index (κ1) is 16.7. The molecule has 0 atom stereocenters.